The Balaban J connectivity index is 1.89. The van der Waals surface area contributed by atoms with E-state index in [0.29, 0.717) is 22.6 Å². The predicted octanol–water partition coefficient (Wildman–Crippen LogP) is 1.14. The smallest absolute Gasteiger partial charge is 0.251 e. The van der Waals surface area contributed by atoms with E-state index in [9.17, 15) is 4.79 Å². The fraction of sp³-hybridized carbons (Fsp3) is 0.385. The van der Waals surface area contributed by atoms with E-state index in [-0.39, 0.29) is 5.54 Å². The first-order chi connectivity index (χ1) is 8.68. The van der Waals surface area contributed by atoms with Gasteiger partial charge in [0.1, 0.15) is 5.52 Å². The van der Waals surface area contributed by atoms with Crippen LogP contribution in [0, 0.1) is 5.92 Å². The molecule has 3 aliphatic rings. The number of nitrogens with one attached hydrogen (secondary N) is 1. The van der Waals surface area contributed by atoms with Crippen LogP contribution in [-0.2, 0) is 5.54 Å². The molecular weight excluding hydrogens is 230 g/mol. The summed E-state index contributed by atoms with van der Waals surface area (Å²) in [6, 6.07) is 5.26. The normalized spacial score (nSPS) is 29.4. The zero-order chi connectivity index (χ0) is 12.3. The van der Waals surface area contributed by atoms with Gasteiger partial charge < -0.3 is 15.5 Å². The van der Waals surface area contributed by atoms with Gasteiger partial charge in [0.2, 0.25) is 5.89 Å². The lowest BCUT2D eigenvalue weighted by molar-refractivity contribution is 0.100. The molecule has 3 heterocycles. The van der Waals surface area contributed by atoms with Crippen LogP contribution in [0.5, 0.6) is 0 Å². The molecule has 0 radical (unpaired) electrons. The molecule has 3 fully saturated rings. The molecule has 0 atom stereocenters. The number of carbonyl (C=O) groups excluding carboxylic acids is 1. The van der Waals surface area contributed by atoms with Crippen molar-refractivity contribution in [3.05, 3.63) is 29.7 Å². The second kappa shape index (κ2) is 3.11. The fourth-order valence-corrected chi connectivity index (χ4v) is 3.16. The average Bonchev–Trinajstić information content (AvgIpc) is 2.99. The zero-order valence-electron chi connectivity index (χ0n) is 9.77. The lowest BCUT2D eigenvalue weighted by Crippen LogP contribution is -2.40. The van der Waals surface area contributed by atoms with Gasteiger partial charge in [0, 0.05) is 0 Å². The Hall–Kier alpha value is -1.88. The van der Waals surface area contributed by atoms with Gasteiger partial charge >= 0.3 is 0 Å². The summed E-state index contributed by atoms with van der Waals surface area (Å²) in [6.07, 6.45) is 2.15. The summed E-state index contributed by atoms with van der Waals surface area (Å²) in [5, 5.41) is 3.46. The van der Waals surface area contributed by atoms with Crippen molar-refractivity contribution in [1.82, 2.24) is 10.3 Å². The molecule has 0 spiro atoms. The number of fused-ring (bicyclic) bond motifs is 2. The van der Waals surface area contributed by atoms with Crippen LogP contribution in [0.2, 0.25) is 0 Å². The molecule has 1 aromatic carbocycles. The minimum absolute atomic E-state index is 0.0986. The molecule has 2 aromatic rings. The molecule has 1 amide bonds. The third kappa shape index (κ3) is 1.14. The average molecular weight is 243 g/mol. The van der Waals surface area contributed by atoms with Gasteiger partial charge in [-0.25, -0.2) is 4.98 Å². The van der Waals surface area contributed by atoms with E-state index in [0.717, 1.165) is 25.3 Å². The molecule has 5 rings (SSSR count). The molecule has 92 valence electrons. The van der Waals surface area contributed by atoms with Crippen LogP contribution in [-0.4, -0.2) is 17.4 Å². The molecule has 18 heavy (non-hydrogen) atoms. The molecule has 2 bridgehead atoms. The van der Waals surface area contributed by atoms with E-state index in [2.05, 4.69) is 10.3 Å². The summed E-state index contributed by atoms with van der Waals surface area (Å²) in [5.41, 5.74) is 6.88. The van der Waals surface area contributed by atoms with Gasteiger partial charge in [0.25, 0.3) is 5.91 Å². The van der Waals surface area contributed by atoms with Crippen molar-refractivity contribution in [3.8, 4) is 0 Å². The van der Waals surface area contributed by atoms with Crippen molar-refractivity contribution in [2.24, 2.45) is 11.7 Å². The molecule has 2 aliphatic heterocycles. The summed E-state index contributed by atoms with van der Waals surface area (Å²) < 4.78 is 5.80. The van der Waals surface area contributed by atoms with Gasteiger partial charge in [-0.05, 0) is 37.4 Å². The molecule has 1 saturated carbocycles. The van der Waals surface area contributed by atoms with Crippen molar-refractivity contribution in [3.63, 3.8) is 0 Å². The van der Waals surface area contributed by atoms with Gasteiger partial charge in [0.15, 0.2) is 5.58 Å². The number of carbonyl (C=O) groups is 1. The molecule has 1 aliphatic carbocycles. The summed E-state index contributed by atoms with van der Waals surface area (Å²) in [5.74, 6) is 0.972. The maximum atomic E-state index is 11.4. The predicted molar refractivity (Wildman–Crippen MR) is 64.9 cm³/mol. The van der Waals surface area contributed by atoms with Crippen LogP contribution in [0.15, 0.2) is 22.6 Å². The molecule has 2 saturated heterocycles. The Labute approximate surface area is 103 Å². The van der Waals surface area contributed by atoms with Gasteiger partial charge in [-0.15, -0.1) is 0 Å². The van der Waals surface area contributed by atoms with Crippen molar-refractivity contribution < 1.29 is 9.21 Å². The number of benzene rings is 1. The van der Waals surface area contributed by atoms with Crippen molar-refractivity contribution >= 4 is 17.0 Å². The maximum absolute atomic E-state index is 11.4. The maximum Gasteiger partial charge on any atom is 0.251 e. The number of amides is 1. The van der Waals surface area contributed by atoms with Crippen molar-refractivity contribution in [2.75, 3.05) is 6.54 Å². The third-order valence-electron chi connectivity index (χ3n) is 4.10. The Kier molecular flexibility index (Phi) is 1.74. The highest BCUT2D eigenvalue weighted by molar-refractivity contribution is 6.03. The van der Waals surface area contributed by atoms with Gasteiger partial charge in [0.05, 0.1) is 11.1 Å². The van der Waals surface area contributed by atoms with Crippen LogP contribution >= 0.6 is 0 Å². The highest BCUT2D eigenvalue weighted by atomic mass is 16.4. The van der Waals surface area contributed by atoms with Crippen LogP contribution in [0.1, 0.15) is 29.1 Å². The summed E-state index contributed by atoms with van der Waals surface area (Å²) >= 11 is 0. The number of primary amides is 1. The van der Waals surface area contributed by atoms with Gasteiger partial charge in [-0.2, -0.15) is 0 Å². The quantitative estimate of drug-likeness (QED) is 0.828. The summed E-state index contributed by atoms with van der Waals surface area (Å²) in [4.78, 5) is 15.9. The van der Waals surface area contributed by atoms with Crippen LogP contribution in [0.25, 0.3) is 11.1 Å². The monoisotopic (exact) mass is 243 g/mol. The first-order valence-corrected chi connectivity index (χ1v) is 6.13. The number of hydrogen-bond donors (Lipinski definition) is 2. The van der Waals surface area contributed by atoms with E-state index in [1.165, 1.54) is 0 Å². The van der Waals surface area contributed by atoms with E-state index in [1.54, 1.807) is 12.1 Å². The largest absolute Gasteiger partial charge is 0.439 e. The number of nitrogens with two attached hydrogens (primary N) is 1. The van der Waals surface area contributed by atoms with Crippen LogP contribution < -0.4 is 11.1 Å². The second-order valence-corrected chi connectivity index (χ2v) is 5.27. The number of nitrogens with zero attached hydrogens (tertiary/aromatic N) is 1. The van der Waals surface area contributed by atoms with E-state index >= 15 is 0 Å². The highest BCUT2D eigenvalue weighted by Gasteiger charge is 2.54. The molecule has 0 unspecified atom stereocenters. The van der Waals surface area contributed by atoms with E-state index in [4.69, 9.17) is 10.2 Å². The van der Waals surface area contributed by atoms with E-state index in [1.807, 2.05) is 6.07 Å². The first-order valence-electron chi connectivity index (χ1n) is 6.13. The molecule has 1 aromatic heterocycles. The minimum Gasteiger partial charge on any atom is -0.439 e. The molecule has 5 nitrogen and oxygen atoms in total. The third-order valence-corrected chi connectivity index (χ3v) is 4.10. The topological polar surface area (TPSA) is 81.2 Å². The van der Waals surface area contributed by atoms with Crippen molar-refractivity contribution in [1.29, 1.82) is 0 Å². The lowest BCUT2D eigenvalue weighted by atomic mass is 9.73. The molecule has 3 N–H and O–H groups in total. The summed E-state index contributed by atoms with van der Waals surface area (Å²) in [6.45, 7) is 1.03. The second-order valence-electron chi connectivity index (χ2n) is 5.27. The van der Waals surface area contributed by atoms with E-state index < -0.39 is 5.91 Å². The first kappa shape index (κ1) is 10.1. The Morgan fingerprint density at radius 3 is 3.00 bits per heavy atom. The Morgan fingerprint density at radius 2 is 2.33 bits per heavy atom. The van der Waals surface area contributed by atoms with Crippen molar-refractivity contribution in [2.45, 2.75) is 18.4 Å². The number of hydrogen-bond acceptors (Lipinski definition) is 4. The Morgan fingerprint density at radius 1 is 1.50 bits per heavy atom. The lowest BCUT2D eigenvalue weighted by Gasteiger charge is -2.34. The highest BCUT2D eigenvalue weighted by Crippen LogP contribution is 2.50. The van der Waals surface area contributed by atoms with Gasteiger partial charge in [-0.1, -0.05) is 6.07 Å². The standard InChI is InChI=1S/C13H13N3O2/c14-11(17)8-2-1-3-9-10(8)16-12(18-9)13-4-7(5-13)6-15-13/h1-3,7,15H,4-6H2,(H2,14,17). The van der Waals surface area contributed by atoms with Crippen LogP contribution in [0.3, 0.4) is 0 Å². The molecular formula is C13H13N3O2. The summed E-state index contributed by atoms with van der Waals surface area (Å²) in [7, 11) is 0. The van der Waals surface area contributed by atoms with Gasteiger partial charge in [-0.3, -0.25) is 4.79 Å². The SMILES string of the molecule is NC(=O)c1cccc2oc(C34CC(CN3)C4)nc12. The number of oxazole rings is 1. The zero-order valence-corrected chi connectivity index (χ0v) is 9.77. The number of rotatable bonds is 2. The fourth-order valence-electron chi connectivity index (χ4n) is 3.16. The minimum atomic E-state index is -0.469. The Bertz CT molecular complexity index is 650. The molecule has 5 heteroatoms. The number of para-hydroxylation sites is 1. The number of aromatic nitrogens is 1. The van der Waals surface area contributed by atoms with Crippen LogP contribution in [0.4, 0.5) is 0 Å².